The van der Waals surface area contributed by atoms with Gasteiger partial charge in [0.15, 0.2) is 0 Å². The van der Waals surface area contributed by atoms with E-state index < -0.39 is 5.60 Å². The quantitative estimate of drug-likeness (QED) is 0.710. The number of carbonyl (C=O) groups is 1. The Hall–Kier alpha value is -0.770. The van der Waals surface area contributed by atoms with Crippen LogP contribution in [0.2, 0.25) is 0 Å². The summed E-state index contributed by atoms with van der Waals surface area (Å²) in [5, 5.41) is 2.81. The molecule has 1 saturated heterocycles. The molecule has 3 atom stereocenters. The minimum Gasteiger partial charge on any atom is -0.444 e. The van der Waals surface area contributed by atoms with E-state index in [0.29, 0.717) is 24.7 Å². The van der Waals surface area contributed by atoms with E-state index in [-0.39, 0.29) is 6.09 Å². The zero-order chi connectivity index (χ0) is 11.1. The van der Waals surface area contributed by atoms with Crippen LogP contribution in [0, 0.1) is 5.92 Å². The molecule has 4 nitrogen and oxygen atoms in total. The minimum atomic E-state index is -0.412. The molecule has 0 aromatic rings. The van der Waals surface area contributed by atoms with Gasteiger partial charge in [-0.1, -0.05) is 0 Å². The molecule has 86 valence electrons. The molecule has 0 aromatic carbocycles. The van der Waals surface area contributed by atoms with Crippen LogP contribution >= 0.6 is 0 Å². The van der Waals surface area contributed by atoms with Gasteiger partial charge in [0.1, 0.15) is 5.60 Å². The lowest BCUT2D eigenvalue weighted by Gasteiger charge is -2.20. The third-order valence-electron chi connectivity index (χ3n) is 2.75. The Bertz CT molecular complexity index is 249. The van der Waals surface area contributed by atoms with Crippen LogP contribution in [-0.4, -0.2) is 30.4 Å². The third kappa shape index (κ3) is 3.09. The van der Waals surface area contributed by atoms with Gasteiger partial charge >= 0.3 is 6.09 Å². The number of amides is 1. The molecular formula is C11H19NO3. The van der Waals surface area contributed by atoms with Crippen molar-refractivity contribution in [1.82, 2.24) is 5.32 Å². The van der Waals surface area contributed by atoms with Gasteiger partial charge in [-0.2, -0.15) is 0 Å². The van der Waals surface area contributed by atoms with Gasteiger partial charge in [0.2, 0.25) is 0 Å². The molecule has 0 unspecified atom stereocenters. The Kier molecular flexibility index (Phi) is 2.63. The molecule has 4 heteroatoms. The molecule has 1 heterocycles. The lowest BCUT2D eigenvalue weighted by molar-refractivity contribution is 0.0515. The van der Waals surface area contributed by atoms with Crippen molar-refractivity contribution in [3.05, 3.63) is 0 Å². The summed E-state index contributed by atoms with van der Waals surface area (Å²) in [5.74, 6) is 0.571. The highest BCUT2D eigenvalue weighted by Crippen LogP contribution is 2.41. The van der Waals surface area contributed by atoms with Crippen LogP contribution in [0.25, 0.3) is 0 Å². The van der Waals surface area contributed by atoms with Crippen molar-refractivity contribution in [3.63, 3.8) is 0 Å². The van der Waals surface area contributed by atoms with Gasteiger partial charge in [0.05, 0.1) is 12.2 Å². The highest BCUT2D eigenvalue weighted by molar-refractivity contribution is 5.67. The van der Waals surface area contributed by atoms with E-state index in [1.165, 1.54) is 0 Å². The molecule has 1 saturated carbocycles. The fourth-order valence-electron chi connectivity index (χ4n) is 2.06. The Morgan fingerprint density at radius 1 is 1.40 bits per heavy atom. The number of hydrogen-bond donors (Lipinski definition) is 1. The van der Waals surface area contributed by atoms with Crippen molar-refractivity contribution in [2.75, 3.05) is 6.54 Å². The monoisotopic (exact) mass is 213 g/mol. The Labute approximate surface area is 90.3 Å². The molecular weight excluding hydrogens is 194 g/mol. The van der Waals surface area contributed by atoms with Crippen LogP contribution in [0.4, 0.5) is 4.79 Å². The summed E-state index contributed by atoms with van der Waals surface area (Å²) < 4.78 is 10.5. The van der Waals surface area contributed by atoms with Crippen LogP contribution in [-0.2, 0) is 9.47 Å². The van der Waals surface area contributed by atoms with Crippen molar-refractivity contribution in [1.29, 1.82) is 0 Å². The maximum absolute atomic E-state index is 11.3. The molecule has 1 amide bonds. The fourth-order valence-corrected chi connectivity index (χ4v) is 2.06. The Morgan fingerprint density at radius 3 is 2.53 bits per heavy atom. The van der Waals surface area contributed by atoms with E-state index in [0.717, 1.165) is 12.8 Å². The number of alkyl carbamates (subject to hydrolysis) is 1. The average molecular weight is 213 g/mol. The molecule has 15 heavy (non-hydrogen) atoms. The first kappa shape index (κ1) is 10.7. The lowest BCUT2D eigenvalue weighted by atomic mass is 10.1. The molecule has 1 aliphatic heterocycles. The van der Waals surface area contributed by atoms with Crippen LogP contribution in [0.3, 0.4) is 0 Å². The van der Waals surface area contributed by atoms with Gasteiger partial charge in [0.25, 0.3) is 0 Å². The van der Waals surface area contributed by atoms with Crippen molar-refractivity contribution in [2.24, 2.45) is 5.92 Å². The highest BCUT2D eigenvalue weighted by Gasteiger charge is 2.47. The molecule has 2 aliphatic rings. The zero-order valence-electron chi connectivity index (χ0n) is 9.58. The zero-order valence-corrected chi connectivity index (χ0v) is 9.58. The van der Waals surface area contributed by atoms with Gasteiger partial charge in [-0.05, 0) is 39.5 Å². The topological polar surface area (TPSA) is 50.9 Å². The molecule has 1 aliphatic carbocycles. The Morgan fingerprint density at radius 2 is 2.00 bits per heavy atom. The summed E-state index contributed by atoms with van der Waals surface area (Å²) in [6.45, 7) is 6.31. The van der Waals surface area contributed by atoms with Crippen molar-refractivity contribution in [2.45, 2.75) is 51.4 Å². The number of fused-ring (bicyclic) bond motifs is 1. The van der Waals surface area contributed by atoms with E-state index in [1.54, 1.807) is 0 Å². The number of ether oxygens (including phenoxy) is 2. The summed E-state index contributed by atoms with van der Waals surface area (Å²) in [6.07, 6.45) is 2.82. The SMILES string of the molecule is CC(C)(C)OC(=O)NC[C@@H]1C[C@@H]2O[C@@H]2C1. The first-order valence-corrected chi connectivity index (χ1v) is 5.56. The van der Waals surface area contributed by atoms with E-state index in [4.69, 9.17) is 9.47 Å². The smallest absolute Gasteiger partial charge is 0.407 e. The Balaban J connectivity index is 1.63. The molecule has 0 spiro atoms. The summed E-state index contributed by atoms with van der Waals surface area (Å²) in [6, 6.07) is 0. The summed E-state index contributed by atoms with van der Waals surface area (Å²) >= 11 is 0. The molecule has 0 radical (unpaired) electrons. The summed E-state index contributed by atoms with van der Waals surface area (Å²) in [5.41, 5.74) is -0.412. The van der Waals surface area contributed by atoms with Crippen molar-refractivity contribution in [3.8, 4) is 0 Å². The van der Waals surface area contributed by atoms with Crippen molar-refractivity contribution >= 4 is 6.09 Å². The minimum absolute atomic E-state index is 0.316. The second kappa shape index (κ2) is 3.67. The predicted molar refractivity (Wildman–Crippen MR) is 55.6 cm³/mol. The normalized spacial score (nSPS) is 33.4. The number of epoxide rings is 1. The van der Waals surface area contributed by atoms with Gasteiger partial charge < -0.3 is 14.8 Å². The lowest BCUT2D eigenvalue weighted by Crippen LogP contribution is -2.35. The van der Waals surface area contributed by atoms with Gasteiger partial charge in [-0.3, -0.25) is 0 Å². The van der Waals surface area contributed by atoms with Crippen LogP contribution in [0.1, 0.15) is 33.6 Å². The third-order valence-corrected chi connectivity index (χ3v) is 2.75. The molecule has 0 aromatic heterocycles. The van der Waals surface area contributed by atoms with Crippen molar-refractivity contribution < 1.29 is 14.3 Å². The summed E-state index contributed by atoms with van der Waals surface area (Å²) in [7, 11) is 0. The number of rotatable bonds is 2. The fraction of sp³-hybridized carbons (Fsp3) is 0.909. The van der Waals surface area contributed by atoms with E-state index in [1.807, 2.05) is 20.8 Å². The maximum Gasteiger partial charge on any atom is 0.407 e. The molecule has 0 bridgehead atoms. The molecule has 2 fully saturated rings. The standard InChI is InChI=1S/C11H19NO3/c1-11(2,3)15-10(13)12-6-7-4-8-9(5-7)14-8/h7-9H,4-6H2,1-3H3,(H,12,13)/t7-,8+,9-. The molecule has 2 rings (SSSR count). The second-order valence-corrected chi connectivity index (χ2v) is 5.43. The largest absolute Gasteiger partial charge is 0.444 e. The van der Waals surface area contributed by atoms with Crippen LogP contribution < -0.4 is 5.32 Å². The maximum atomic E-state index is 11.3. The van der Waals surface area contributed by atoms with Crippen LogP contribution in [0.5, 0.6) is 0 Å². The van der Waals surface area contributed by atoms with E-state index in [9.17, 15) is 4.79 Å². The predicted octanol–water partition coefficient (Wildman–Crippen LogP) is 1.69. The number of nitrogens with one attached hydrogen (secondary N) is 1. The number of carbonyl (C=O) groups excluding carboxylic acids is 1. The van der Waals surface area contributed by atoms with Gasteiger partial charge in [0, 0.05) is 6.54 Å². The summed E-state index contributed by atoms with van der Waals surface area (Å²) in [4.78, 5) is 11.3. The first-order valence-electron chi connectivity index (χ1n) is 5.56. The van der Waals surface area contributed by atoms with E-state index >= 15 is 0 Å². The molecule has 1 N–H and O–H groups in total. The second-order valence-electron chi connectivity index (χ2n) is 5.43. The number of hydrogen-bond acceptors (Lipinski definition) is 3. The first-order chi connectivity index (χ1) is 6.94. The van der Waals surface area contributed by atoms with Gasteiger partial charge in [-0.15, -0.1) is 0 Å². The van der Waals surface area contributed by atoms with Crippen LogP contribution in [0.15, 0.2) is 0 Å². The van der Waals surface area contributed by atoms with Gasteiger partial charge in [-0.25, -0.2) is 4.79 Å². The van der Waals surface area contributed by atoms with E-state index in [2.05, 4.69) is 5.32 Å². The highest BCUT2D eigenvalue weighted by atomic mass is 16.6. The average Bonchev–Trinajstić information content (AvgIpc) is 2.68.